The van der Waals surface area contributed by atoms with Crippen molar-refractivity contribution < 1.29 is 13.9 Å². The first-order valence-electron chi connectivity index (χ1n) is 8.82. The van der Waals surface area contributed by atoms with Crippen molar-refractivity contribution in [2.24, 2.45) is 0 Å². The van der Waals surface area contributed by atoms with Crippen LogP contribution < -0.4 is 15.2 Å². The van der Waals surface area contributed by atoms with Crippen molar-refractivity contribution in [1.29, 1.82) is 0 Å². The number of rotatable bonds is 6. The summed E-state index contributed by atoms with van der Waals surface area (Å²) < 4.78 is 28.1. The molecular formula is C20H21FN2O3. The lowest BCUT2D eigenvalue weighted by Gasteiger charge is -2.11. The summed E-state index contributed by atoms with van der Waals surface area (Å²) in [7, 11) is 1.60. The van der Waals surface area contributed by atoms with Crippen LogP contribution in [-0.4, -0.2) is 22.9 Å². The van der Waals surface area contributed by atoms with Crippen LogP contribution in [0.4, 0.5) is 4.39 Å². The number of nitrogens with zero attached hydrogens (tertiary/aromatic N) is 2. The van der Waals surface area contributed by atoms with Crippen LogP contribution in [0, 0.1) is 5.82 Å². The lowest BCUT2D eigenvalue weighted by atomic mass is 10.2. The van der Waals surface area contributed by atoms with E-state index in [1.54, 1.807) is 22.3 Å². The number of imidazole rings is 1. The molecule has 0 aliphatic heterocycles. The van der Waals surface area contributed by atoms with Crippen molar-refractivity contribution in [2.75, 3.05) is 13.7 Å². The maximum Gasteiger partial charge on any atom is 0.329 e. The molecule has 1 aliphatic rings. The molecule has 1 aliphatic carbocycles. The van der Waals surface area contributed by atoms with E-state index in [1.165, 1.54) is 12.1 Å². The zero-order valence-corrected chi connectivity index (χ0v) is 14.9. The van der Waals surface area contributed by atoms with Crippen molar-refractivity contribution in [3.05, 3.63) is 58.3 Å². The second kappa shape index (κ2) is 6.52. The molecule has 1 heterocycles. The SMILES string of the molecule is CCOc1cc(Cn2c(=O)n(C3CC3)c3cc(F)ccc32)ccc1OC. The molecule has 5 nitrogen and oxygen atoms in total. The van der Waals surface area contributed by atoms with Crippen molar-refractivity contribution in [1.82, 2.24) is 9.13 Å². The fourth-order valence-electron chi connectivity index (χ4n) is 3.36. The Bertz CT molecular complexity index is 1020. The Morgan fingerprint density at radius 2 is 1.92 bits per heavy atom. The van der Waals surface area contributed by atoms with Gasteiger partial charge >= 0.3 is 5.69 Å². The Hall–Kier alpha value is -2.76. The van der Waals surface area contributed by atoms with Gasteiger partial charge in [-0.15, -0.1) is 0 Å². The van der Waals surface area contributed by atoms with Crippen LogP contribution in [0.15, 0.2) is 41.2 Å². The summed E-state index contributed by atoms with van der Waals surface area (Å²) in [6.45, 7) is 2.83. The highest BCUT2D eigenvalue weighted by molar-refractivity contribution is 5.76. The standard InChI is InChI=1S/C20H21FN2O3/c1-3-26-19-10-13(4-9-18(19)25-2)12-22-16-8-5-14(21)11-17(16)23(20(22)24)15-6-7-15/h4-5,8-11,15H,3,6-7,12H2,1-2H3. The fraction of sp³-hybridized carbons (Fsp3) is 0.350. The molecule has 0 N–H and O–H groups in total. The van der Waals surface area contributed by atoms with Crippen molar-refractivity contribution in [2.45, 2.75) is 32.4 Å². The highest BCUT2D eigenvalue weighted by Crippen LogP contribution is 2.36. The van der Waals surface area contributed by atoms with Crippen LogP contribution in [0.25, 0.3) is 11.0 Å². The van der Waals surface area contributed by atoms with Gasteiger partial charge in [0.15, 0.2) is 11.5 Å². The molecule has 1 aromatic heterocycles. The second-order valence-corrected chi connectivity index (χ2v) is 6.52. The number of fused-ring (bicyclic) bond motifs is 1. The van der Waals surface area contributed by atoms with Crippen LogP contribution in [0.5, 0.6) is 11.5 Å². The quantitative estimate of drug-likeness (QED) is 0.676. The van der Waals surface area contributed by atoms with Crippen LogP contribution in [0.1, 0.15) is 31.4 Å². The molecular weight excluding hydrogens is 335 g/mol. The molecule has 6 heteroatoms. The Balaban J connectivity index is 1.79. The van der Waals surface area contributed by atoms with Crippen LogP contribution in [0.2, 0.25) is 0 Å². The highest BCUT2D eigenvalue weighted by atomic mass is 19.1. The fourth-order valence-corrected chi connectivity index (χ4v) is 3.36. The lowest BCUT2D eigenvalue weighted by molar-refractivity contribution is 0.310. The molecule has 3 aromatic rings. The molecule has 1 saturated carbocycles. The van der Waals surface area contributed by atoms with Gasteiger partial charge in [0.25, 0.3) is 0 Å². The second-order valence-electron chi connectivity index (χ2n) is 6.52. The van der Waals surface area contributed by atoms with Gasteiger partial charge in [-0.2, -0.15) is 0 Å². The number of hydrogen-bond donors (Lipinski definition) is 0. The van der Waals surface area contributed by atoms with E-state index < -0.39 is 0 Å². The number of benzene rings is 2. The zero-order chi connectivity index (χ0) is 18.3. The number of aromatic nitrogens is 2. The summed E-state index contributed by atoms with van der Waals surface area (Å²) in [5.41, 5.74) is 2.24. The molecule has 0 bridgehead atoms. The van der Waals surface area contributed by atoms with Gasteiger partial charge in [0.2, 0.25) is 0 Å². The first-order chi connectivity index (χ1) is 12.6. The topological polar surface area (TPSA) is 45.4 Å². The lowest BCUT2D eigenvalue weighted by Crippen LogP contribution is -2.24. The molecule has 0 amide bonds. The van der Waals surface area contributed by atoms with E-state index in [9.17, 15) is 9.18 Å². The van der Waals surface area contributed by atoms with Gasteiger partial charge in [0.1, 0.15) is 5.82 Å². The first-order valence-corrected chi connectivity index (χ1v) is 8.82. The minimum Gasteiger partial charge on any atom is -0.493 e. The Kier molecular flexibility index (Phi) is 4.18. The summed E-state index contributed by atoms with van der Waals surface area (Å²) in [5.74, 6) is 0.982. The summed E-state index contributed by atoms with van der Waals surface area (Å²) >= 11 is 0. The van der Waals surface area contributed by atoms with Gasteiger partial charge in [-0.1, -0.05) is 6.07 Å². The van der Waals surface area contributed by atoms with E-state index in [4.69, 9.17) is 9.47 Å². The predicted molar refractivity (Wildman–Crippen MR) is 97.7 cm³/mol. The van der Waals surface area contributed by atoms with Gasteiger partial charge < -0.3 is 9.47 Å². The summed E-state index contributed by atoms with van der Waals surface area (Å²) in [4.78, 5) is 13.0. The van der Waals surface area contributed by atoms with Gasteiger partial charge in [0, 0.05) is 6.04 Å². The molecule has 0 unspecified atom stereocenters. The monoisotopic (exact) mass is 356 g/mol. The highest BCUT2D eigenvalue weighted by Gasteiger charge is 2.29. The number of halogens is 1. The molecule has 0 atom stereocenters. The maximum absolute atomic E-state index is 13.7. The van der Waals surface area contributed by atoms with Gasteiger partial charge in [-0.3, -0.25) is 9.13 Å². The molecule has 0 saturated heterocycles. The van der Waals surface area contributed by atoms with E-state index in [2.05, 4.69) is 0 Å². The van der Waals surface area contributed by atoms with Gasteiger partial charge in [-0.05, 0) is 55.7 Å². The van der Waals surface area contributed by atoms with Crippen molar-refractivity contribution in [3.8, 4) is 11.5 Å². The van der Waals surface area contributed by atoms with Gasteiger partial charge in [0.05, 0.1) is 31.3 Å². The molecule has 26 heavy (non-hydrogen) atoms. The first kappa shape index (κ1) is 16.7. The Morgan fingerprint density at radius 3 is 2.62 bits per heavy atom. The third-order valence-electron chi connectivity index (χ3n) is 4.71. The molecule has 0 spiro atoms. The summed E-state index contributed by atoms with van der Waals surface area (Å²) in [6, 6.07) is 10.3. The zero-order valence-electron chi connectivity index (χ0n) is 14.9. The smallest absolute Gasteiger partial charge is 0.329 e. The van der Waals surface area contributed by atoms with Crippen molar-refractivity contribution in [3.63, 3.8) is 0 Å². The predicted octanol–water partition coefficient (Wildman–Crippen LogP) is 3.73. The molecule has 136 valence electrons. The average Bonchev–Trinajstić information content (AvgIpc) is 3.42. The normalized spacial score (nSPS) is 14.0. The average molecular weight is 356 g/mol. The Morgan fingerprint density at radius 1 is 1.12 bits per heavy atom. The molecule has 0 radical (unpaired) electrons. The van der Waals surface area contributed by atoms with Gasteiger partial charge in [-0.25, -0.2) is 9.18 Å². The minimum atomic E-state index is -0.327. The van der Waals surface area contributed by atoms with Crippen molar-refractivity contribution >= 4 is 11.0 Å². The summed E-state index contributed by atoms with van der Waals surface area (Å²) in [5, 5.41) is 0. The van der Waals surface area contributed by atoms with Crippen LogP contribution >= 0.6 is 0 Å². The van der Waals surface area contributed by atoms with E-state index in [1.807, 2.05) is 25.1 Å². The minimum absolute atomic E-state index is 0.0955. The third-order valence-corrected chi connectivity index (χ3v) is 4.71. The van der Waals surface area contributed by atoms with E-state index in [0.29, 0.717) is 30.2 Å². The van der Waals surface area contributed by atoms with Crippen LogP contribution in [0.3, 0.4) is 0 Å². The molecule has 1 fully saturated rings. The number of methoxy groups -OCH3 is 1. The van der Waals surface area contributed by atoms with E-state index >= 15 is 0 Å². The molecule has 4 rings (SSSR count). The Labute approximate surface area is 150 Å². The van der Waals surface area contributed by atoms with E-state index in [-0.39, 0.29) is 17.5 Å². The summed E-state index contributed by atoms with van der Waals surface area (Å²) in [6.07, 6.45) is 1.93. The maximum atomic E-state index is 13.7. The third kappa shape index (κ3) is 2.85. The molecule has 2 aromatic carbocycles. The largest absolute Gasteiger partial charge is 0.493 e. The number of hydrogen-bond acceptors (Lipinski definition) is 3. The van der Waals surface area contributed by atoms with E-state index in [0.717, 1.165) is 23.9 Å². The number of ether oxygens (including phenoxy) is 2. The van der Waals surface area contributed by atoms with Crippen LogP contribution in [-0.2, 0) is 6.54 Å².